The molecule has 7 heteroatoms. The van der Waals surface area contributed by atoms with Gasteiger partial charge in [-0.1, -0.05) is 38.1 Å². The molecule has 2 heterocycles. The van der Waals surface area contributed by atoms with Crippen molar-refractivity contribution in [3.8, 4) is 0 Å². The number of rotatable bonds is 5. The van der Waals surface area contributed by atoms with Crippen LogP contribution in [0, 0.1) is 5.92 Å². The molecule has 3 rings (SSSR count). The van der Waals surface area contributed by atoms with Gasteiger partial charge in [-0.05, 0) is 29.9 Å². The van der Waals surface area contributed by atoms with Crippen molar-refractivity contribution in [3.63, 3.8) is 0 Å². The summed E-state index contributed by atoms with van der Waals surface area (Å²) in [6, 6.07) is 8.91. The maximum atomic E-state index is 9.64. The molecule has 1 unspecified atom stereocenters. The summed E-state index contributed by atoms with van der Waals surface area (Å²) in [4.78, 5) is 9.35. The third kappa shape index (κ3) is 7.60. The van der Waals surface area contributed by atoms with Crippen LogP contribution in [0.3, 0.4) is 0 Å². The molecule has 2 aliphatic heterocycles. The van der Waals surface area contributed by atoms with Gasteiger partial charge in [-0.25, -0.2) is 0 Å². The maximum absolute atomic E-state index is 9.64. The average molecular weight is 533 g/mol. The Morgan fingerprint density at radius 2 is 1.83 bits per heavy atom. The molecule has 0 aliphatic carbocycles. The van der Waals surface area contributed by atoms with Gasteiger partial charge >= 0.3 is 0 Å². The first kappa shape index (κ1) is 24.8. The molecule has 0 aromatic heterocycles. The number of thioether (sulfide) groups is 1. The Balaban J connectivity index is 0.00000300. The Kier molecular flexibility index (Phi) is 10.6. The highest BCUT2D eigenvalue weighted by Gasteiger charge is 2.24. The summed E-state index contributed by atoms with van der Waals surface area (Å²) in [5, 5.41) is 13.9. The van der Waals surface area contributed by atoms with Crippen molar-refractivity contribution in [2.24, 2.45) is 10.9 Å². The largest absolute Gasteiger partial charge is 0.393 e. The topological polar surface area (TPSA) is 51.1 Å². The number of aliphatic imine (C=N–C) groups is 1. The molecule has 2 N–H and O–H groups in total. The van der Waals surface area contributed by atoms with Crippen LogP contribution in [0.4, 0.5) is 0 Å². The normalized spacial score (nSPS) is 21.9. The molecule has 1 aromatic rings. The number of halogens is 1. The van der Waals surface area contributed by atoms with Gasteiger partial charge < -0.3 is 15.3 Å². The Bertz CT molecular complexity index is 632. The van der Waals surface area contributed by atoms with Gasteiger partial charge in [0.15, 0.2) is 5.96 Å². The van der Waals surface area contributed by atoms with E-state index in [0.717, 1.165) is 58.1 Å². The number of guanidine groups is 1. The van der Waals surface area contributed by atoms with Gasteiger partial charge in [0.1, 0.15) is 0 Å². The molecule has 2 saturated heterocycles. The van der Waals surface area contributed by atoms with Crippen molar-refractivity contribution in [1.82, 2.24) is 15.1 Å². The Hall–Kier alpha value is -0.510. The van der Waals surface area contributed by atoms with Crippen LogP contribution in [0.15, 0.2) is 29.3 Å². The van der Waals surface area contributed by atoms with E-state index in [1.807, 2.05) is 7.05 Å². The zero-order chi connectivity index (χ0) is 19.9. The van der Waals surface area contributed by atoms with Crippen LogP contribution in [-0.2, 0) is 13.1 Å². The van der Waals surface area contributed by atoms with E-state index in [0.29, 0.717) is 11.2 Å². The quantitative estimate of drug-likeness (QED) is 0.346. The van der Waals surface area contributed by atoms with Crippen molar-refractivity contribution in [1.29, 1.82) is 0 Å². The fraction of sp³-hybridized carbons (Fsp3) is 0.682. The fourth-order valence-electron chi connectivity index (χ4n) is 3.88. The molecule has 1 aromatic carbocycles. The maximum Gasteiger partial charge on any atom is 0.193 e. The molecule has 29 heavy (non-hydrogen) atoms. The molecule has 0 radical (unpaired) electrons. The molecule has 0 bridgehead atoms. The third-order valence-corrected chi connectivity index (χ3v) is 7.33. The van der Waals surface area contributed by atoms with Crippen molar-refractivity contribution >= 4 is 41.7 Å². The second-order valence-electron chi connectivity index (χ2n) is 8.32. The smallest absolute Gasteiger partial charge is 0.193 e. The van der Waals surface area contributed by atoms with E-state index < -0.39 is 0 Å². The summed E-state index contributed by atoms with van der Waals surface area (Å²) >= 11 is 2.09. The van der Waals surface area contributed by atoms with Crippen LogP contribution in [0.1, 0.15) is 37.8 Å². The Labute approximate surface area is 197 Å². The summed E-state index contributed by atoms with van der Waals surface area (Å²) in [5.41, 5.74) is 2.63. The van der Waals surface area contributed by atoms with Gasteiger partial charge in [-0.2, -0.15) is 11.8 Å². The van der Waals surface area contributed by atoms with E-state index in [1.54, 1.807) is 0 Å². The number of nitrogens with zero attached hydrogens (tertiary/aromatic N) is 3. The van der Waals surface area contributed by atoms with Gasteiger partial charge in [-0.15, -0.1) is 24.0 Å². The van der Waals surface area contributed by atoms with Crippen molar-refractivity contribution in [2.45, 2.75) is 51.1 Å². The van der Waals surface area contributed by atoms with E-state index in [2.05, 4.69) is 70.0 Å². The molecule has 2 aliphatic rings. The second kappa shape index (κ2) is 12.4. The average Bonchev–Trinajstić information content (AvgIpc) is 2.71. The number of likely N-dealkylation sites (tertiary alicyclic amines) is 1. The standard InChI is InChI=1S/C22H36N4OS.HI/c1-17(2)21-16-26(12-13-28-21)22(23-3)24-14-18-4-6-19(7-5-18)15-25-10-8-20(27)9-11-25;/h4-7,17,20-21,27H,8-16H2,1-3H3,(H,23,24);1H. The molecule has 0 amide bonds. The number of benzene rings is 1. The van der Waals surface area contributed by atoms with E-state index in [4.69, 9.17) is 0 Å². The monoisotopic (exact) mass is 532 g/mol. The molecular weight excluding hydrogens is 495 g/mol. The lowest BCUT2D eigenvalue weighted by atomic mass is 10.1. The van der Waals surface area contributed by atoms with E-state index in [1.165, 1.54) is 16.9 Å². The molecule has 2 fully saturated rings. The number of nitrogens with one attached hydrogen (secondary N) is 1. The Morgan fingerprint density at radius 3 is 2.45 bits per heavy atom. The minimum absolute atomic E-state index is 0. The van der Waals surface area contributed by atoms with E-state index in [-0.39, 0.29) is 30.1 Å². The van der Waals surface area contributed by atoms with Crippen molar-refractivity contribution < 1.29 is 5.11 Å². The summed E-state index contributed by atoms with van der Waals surface area (Å²) in [5.74, 6) is 2.88. The fourth-order valence-corrected chi connectivity index (χ4v) is 5.18. The number of hydrogen-bond donors (Lipinski definition) is 2. The summed E-state index contributed by atoms with van der Waals surface area (Å²) in [6.07, 6.45) is 1.69. The minimum atomic E-state index is -0.103. The van der Waals surface area contributed by atoms with Gasteiger partial charge in [-0.3, -0.25) is 9.89 Å². The van der Waals surface area contributed by atoms with Crippen molar-refractivity contribution in [2.75, 3.05) is 39.0 Å². The second-order valence-corrected chi connectivity index (χ2v) is 9.67. The highest BCUT2D eigenvalue weighted by atomic mass is 127. The van der Waals surface area contributed by atoms with Gasteiger partial charge in [0.25, 0.3) is 0 Å². The van der Waals surface area contributed by atoms with Gasteiger partial charge in [0, 0.05) is 57.3 Å². The summed E-state index contributed by atoms with van der Waals surface area (Å²) in [6.45, 7) is 10.5. The van der Waals surface area contributed by atoms with E-state index >= 15 is 0 Å². The highest BCUT2D eigenvalue weighted by molar-refractivity contribution is 14.0. The number of hydrogen-bond acceptors (Lipinski definition) is 4. The zero-order valence-electron chi connectivity index (χ0n) is 18.0. The SMILES string of the molecule is CN=C(NCc1ccc(CN2CCC(O)CC2)cc1)N1CCSC(C(C)C)C1.I. The third-order valence-electron chi connectivity index (χ3n) is 5.79. The Morgan fingerprint density at radius 1 is 1.17 bits per heavy atom. The number of aliphatic hydroxyl groups excluding tert-OH is 1. The zero-order valence-corrected chi connectivity index (χ0v) is 21.2. The predicted octanol–water partition coefficient (Wildman–Crippen LogP) is 3.41. The summed E-state index contributed by atoms with van der Waals surface area (Å²) < 4.78 is 0. The van der Waals surface area contributed by atoms with Gasteiger partial charge in [0.05, 0.1) is 6.10 Å². The minimum Gasteiger partial charge on any atom is -0.393 e. The van der Waals surface area contributed by atoms with Crippen LogP contribution < -0.4 is 5.32 Å². The van der Waals surface area contributed by atoms with Crippen LogP contribution in [0.25, 0.3) is 0 Å². The number of piperidine rings is 1. The number of aliphatic hydroxyl groups is 1. The lowest BCUT2D eigenvalue weighted by Crippen LogP contribution is -2.48. The van der Waals surface area contributed by atoms with Crippen LogP contribution >= 0.6 is 35.7 Å². The molecule has 0 saturated carbocycles. The first-order chi connectivity index (χ1) is 13.5. The first-order valence-corrected chi connectivity index (χ1v) is 11.7. The lowest BCUT2D eigenvalue weighted by molar-refractivity contribution is 0.0792. The van der Waals surface area contributed by atoms with Crippen LogP contribution in [0.5, 0.6) is 0 Å². The molecular formula is C22H37IN4OS. The van der Waals surface area contributed by atoms with Crippen LogP contribution in [-0.4, -0.2) is 71.2 Å². The molecule has 1 atom stereocenters. The molecule has 5 nitrogen and oxygen atoms in total. The van der Waals surface area contributed by atoms with E-state index in [9.17, 15) is 5.11 Å². The summed E-state index contributed by atoms with van der Waals surface area (Å²) in [7, 11) is 1.88. The predicted molar refractivity (Wildman–Crippen MR) is 135 cm³/mol. The highest BCUT2D eigenvalue weighted by Crippen LogP contribution is 2.25. The molecule has 0 spiro atoms. The first-order valence-electron chi connectivity index (χ1n) is 10.6. The van der Waals surface area contributed by atoms with Crippen molar-refractivity contribution in [3.05, 3.63) is 35.4 Å². The molecule has 164 valence electrons. The lowest BCUT2D eigenvalue weighted by Gasteiger charge is -2.36. The van der Waals surface area contributed by atoms with Gasteiger partial charge in [0.2, 0.25) is 0 Å². The van der Waals surface area contributed by atoms with Crippen LogP contribution in [0.2, 0.25) is 0 Å².